The fourth-order valence-corrected chi connectivity index (χ4v) is 3.30. The lowest BCUT2D eigenvalue weighted by Crippen LogP contribution is -2.21. The van der Waals surface area contributed by atoms with E-state index in [4.69, 9.17) is 4.74 Å². The number of aromatic nitrogens is 1. The number of aliphatic imine (C=N–C) groups is 1. The number of hydrogen-bond donors (Lipinski definition) is 0. The molecule has 0 amide bonds. The van der Waals surface area contributed by atoms with Crippen molar-refractivity contribution in [3.05, 3.63) is 35.5 Å². The van der Waals surface area contributed by atoms with Crippen molar-refractivity contribution in [2.45, 2.75) is 32.2 Å². The van der Waals surface area contributed by atoms with Crippen molar-refractivity contribution in [2.24, 2.45) is 4.99 Å². The standard InChI is InChI=1S/C18H21FN2O2/c1-2-23-18(22)15-12-20-10-8-14-13-6-3-4-7-16(13)21(17(14)15)11-5-9-19/h3-4,6-7,12,15H,2,5,8-11H2,1H3. The van der Waals surface area contributed by atoms with E-state index < -0.39 is 5.92 Å². The Morgan fingerprint density at radius 3 is 3.04 bits per heavy atom. The number of carbonyl (C=O) groups excluding carboxylic acids is 1. The monoisotopic (exact) mass is 316 g/mol. The lowest BCUT2D eigenvalue weighted by atomic mass is 10.00. The van der Waals surface area contributed by atoms with Crippen molar-refractivity contribution in [3.8, 4) is 0 Å². The predicted octanol–water partition coefficient (Wildman–Crippen LogP) is 3.27. The number of fused-ring (bicyclic) bond motifs is 3. The van der Waals surface area contributed by atoms with Gasteiger partial charge in [0.05, 0.1) is 13.3 Å². The summed E-state index contributed by atoms with van der Waals surface area (Å²) in [5, 5.41) is 1.13. The number of hydrogen-bond acceptors (Lipinski definition) is 3. The second-order valence-electron chi connectivity index (χ2n) is 5.61. The molecular weight excluding hydrogens is 295 g/mol. The Balaban J connectivity index is 2.19. The number of halogens is 1. The topological polar surface area (TPSA) is 43.6 Å². The predicted molar refractivity (Wildman–Crippen MR) is 89.0 cm³/mol. The van der Waals surface area contributed by atoms with E-state index in [2.05, 4.69) is 15.6 Å². The van der Waals surface area contributed by atoms with Crippen molar-refractivity contribution >= 4 is 23.1 Å². The van der Waals surface area contributed by atoms with Gasteiger partial charge >= 0.3 is 5.97 Å². The minimum absolute atomic E-state index is 0.288. The minimum atomic E-state index is -0.514. The molecule has 1 aromatic heterocycles. The maximum absolute atomic E-state index is 12.7. The van der Waals surface area contributed by atoms with Crippen LogP contribution in [-0.2, 0) is 22.5 Å². The number of para-hydroxylation sites is 1. The summed E-state index contributed by atoms with van der Waals surface area (Å²) < 4.78 is 20.0. The Labute approximate surface area is 135 Å². The SMILES string of the molecule is CCOC(=O)C1C=NCCc2c1n(CCCF)c1ccccc21. The molecule has 0 fully saturated rings. The Bertz CT molecular complexity index is 736. The zero-order chi connectivity index (χ0) is 16.2. The molecule has 0 bridgehead atoms. The molecule has 0 saturated carbocycles. The van der Waals surface area contributed by atoms with E-state index in [9.17, 15) is 9.18 Å². The molecular formula is C18H21FN2O2. The van der Waals surface area contributed by atoms with Crippen LogP contribution < -0.4 is 0 Å². The molecule has 4 nitrogen and oxygen atoms in total. The summed E-state index contributed by atoms with van der Waals surface area (Å²) in [6.07, 6.45) is 2.90. The first-order valence-corrected chi connectivity index (χ1v) is 8.10. The van der Waals surface area contributed by atoms with Gasteiger partial charge in [-0.15, -0.1) is 0 Å². The van der Waals surface area contributed by atoms with E-state index in [1.165, 1.54) is 0 Å². The fraction of sp³-hybridized carbons (Fsp3) is 0.444. The molecule has 1 atom stereocenters. The van der Waals surface area contributed by atoms with Gasteiger partial charge in [-0.3, -0.25) is 14.2 Å². The van der Waals surface area contributed by atoms with Gasteiger partial charge in [-0.05, 0) is 31.4 Å². The Kier molecular flexibility index (Phi) is 4.74. The summed E-state index contributed by atoms with van der Waals surface area (Å²) in [7, 11) is 0. The quantitative estimate of drug-likeness (QED) is 0.795. The highest BCUT2D eigenvalue weighted by Crippen LogP contribution is 2.33. The smallest absolute Gasteiger partial charge is 0.320 e. The molecule has 1 aromatic carbocycles. The van der Waals surface area contributed by atoms with Crippen LogP contribution in [0.2, 0.25) is 0 Å². The first-order valence-electron chi connectivity index (χ1n) is 8.10. The highest BCUT2D eigenvalue weighted by molar-refractivity contribution is 5.99. The number of rotatable bonds is 5. The van der Waals surface area contributed by atoms with E-state index >= 15 is 0 Å². The first kappa shape index (κ1) is 15.7. The van der Waals surface area contributed by atoms with Gasteiger partial charge < -0.3 is 9.30 Å². The van der Waals surface area contributed by atoms with Gasteiger partial charge in [0.15, 0.2) is 0 Å². The third-order valence-electron chi connectivity index (χ3n) is 4.22. The zero-order valence-corrected chi connectivity index (χ0v) is 13.3. The van der Waals surface area contributed by atoms with E-state index in [1.807, 2.05) is 18.2 Å². The van der Waals surface area contributed by atoms with E-state index in [0.29, 0.717) is 26.1 Å². The molecule has 5 heteroatoms. The normalized spacial score (nSPS) is 17.0. The van der Waals surface area contributed by atoms with Gasteiger partial charge in [-0.1, -0.05) is 18.2 Å². The summed E-state index contributed by atoms with van der Waals surface area (Å²) in [5.41, 5.74) is 3.10. The van der Waals surface area contributed by atoms with Gasteiger partial charge in [0.25, 0.3) is 0 Å². The van der Waals surface area contributed by atoms with Crippen molar-refractivity contribution in [2.75, 3.05) is 19.8 Å². The van der Waals surface area contributed by atoms with Gasteiger partial charge in [-0.2, -0.15) is 0 Å². The lowest BCUT2D eigenvalue weighted by Gasteiger charge is -2.16. The van der Waals surface area contributed by atoms with Crippen molar-refractivity contribution < 1.29 is 13.9 Å². The summed E-state index contributed by atoms with van der Waals surface area (Å²) in [6.45, 7) is 2.96. The molecule has 0 spiro atoms. The van der Waals surface area contributed by atoms with Crippen LogP contribution >= 0.6 is 0 Å². The zero-order valence-electron chi connectivity index (χ0n) is 13.3. The van der Waals surface area contributed by atoms with Crippen LogP contribution in [0.3, 0.4) is 0 Å². The van der Waals surface area contributed by atoms with Crippen LogP contribution in [0.15, 0.2) is 29.3 Å². The number of alkyl halides is 1. The number of carbonyl (C=O) groups is 1. The molecule has 1 unspecified atom stereocenters. The summed E-state index contributed by atoms with van der Waals surface area (Å²) in [6, 6.07) is 8.06. The van der Waals surface area contributed by atoms with Gasteiger partial charge in [0.1, 0.15) is 5.92 Å². The molecule has 1 aliphatic rings. The third kappa shape index (κ3) is 2.87. The average Bonchev–Trinajstić information content (AvgIpc) is 2.72. The van der Waals surface area contributed by atoms with Gasteiger partial charge in [0, 0.05) is 35.9 Å². The molecule has 3 rings (SSSR count). The molecule has 2 heterocycles. The third-order valence-corrected chi connectivity index (χ3v) is 4.22. The molecule has 122 valence electrons. The number of ether oxygens (including phenoxy) is 1. The second kappa shape index (κ2) is 6.94. The summed E-state index contributed by atoms with van der Waals surface area (Å²) in [5.74, 6) is -0.803. The second-order valence-corrected chi connectivity index (χ2v) is 5.61. The highest BCUT2D eigenvalue weighted by Gasteiger charge is 2.30. The number of benzene rings is 1. The molecule has 1 aliphatic heterocycles. The van der Waals surface area contributed by atoms with Gasteiger partial charge in [-0.25, -0.2) is 0 Å². The summed E-state index contributed by atoms with van der Waals surface area (Å²) in [4.78, 5) is 16.8. The van der Waals surface area contributed by atoms with E-state index in [1.54, 1.807) is 13.1 Å². The minimum Gasteiger partial charge on any atom is -0.465 e. The maximum Gasteiger partial charge on any atom is 0.320 e. The average molecular weight is 316 g/mol. The largest absolute Gasteiger partial charge is 0.465 e. The number of esters is 1. The van der Waals surface area contributed by atoms with Crippen LogP contribution in [0.25, 0.3) is 10.9 Å². The van der Waals surface area contributed by atoms with Crippen LogP contribution in [-0.4, -0.2) is 36.6 Å². The van der Waals surface area contributed by atoms with Crippen molar-refractivity contribution in [1.82, 2.24) is 4.57 Å². The first-order chi connectivity index (χ1) is 11.3. The lowest BCUT2D eigenvalue weighted by molar-refractivity contribution is -0.143. The van der Waals surface area contributed by atoms with Crippen molar-refractivity contribution in [1.29, 1.82) is 0 Å². The maximum atomic E-state index is 12.7. The molecule has 0 saturated heterocycles. The Hall–Kier alpha value is -2.17. The Morgan fingerprint density at radius 2 is 2.26 bits per heavy atom. The molecule has 0 aliphatic carbocycles. The van der Waals surface area contributed by atoms with Crippen LogP contribution in [0, 0.1) is 0 Å². The number of aryl methyl sites for hydroxylation is 1. The summed E-state index contributed by atoms with van der Waals surface area (Å²) >= 11 is 0. The van der Waals surface area contributed by atoms with Crippen LogP contribution in [0.5, 0.6) is 0 Å². The molecule has 23 heavy (non-hydrogen) atoms. The van der Waals surface area contributed by atoms with Crippen molar-refractivity contribution in [3.63, 3.8) is 0 Å². The molecule has 0 N–H and O–H groups in total. The van der Waals surface area contributed by atoms with Crippen LogP contribution in [0.1, 0.15) is 30.5 Å². The van der Waals surface area contributed by atoms with Crippen LogP contribution in [0.4, 0.5) is 4.39 Å². The molecule has 0 radical (unpaired) electrons. The number of nitrogens with zero attached hydrogens (tertiary/aromatic N) is 2. The van der Waals surface area contributed by atoms with Gasteiger partial charge in [0.2, 0.25) is 0 Å². The molecule has 2 aromatic rings. The van der Waals surface area contributed by atoms with E-state index in [0.717, 1.165) is 28.6 Å². The van der Waals surface area contributed by atoms with E-state index in [-0.39, 0.29) is 12.6 Å². The Morgan fingerprint density at radius 1 is 1.43 bits per heavy atom. The fourth-order valence-electron chi connectivity index (χ4n) is 3.30. The highest BCUT2D eigenvalue weighted by atomic mass is 19.1.